The van der Waals surface area contributed by atoms with E-state index in [0.717, 1.165) is 16.7 Å². The van der Waals surface area contributed by atoms with E-state index in [2.05, 4.69) is 20.6 Å². The van der Waals surface area contributed by atoms with Crippen molar-refractivity contribution >= 4 is 17.4 Å². The Bertz CT molecular complexity index is 1410. The second kappa shape index (κ2) is 11.5. The van der Waals surface area contributed by atoms with Gasteiger partial charge in [-0.25, -0.2) is 18.2 Å². The molecule has 0 fully saturated rings. The van der Waals surface area contributed by atoms with E-state index in [-0.39, 0.29) is 36.2 Å². The molecule has 38 heavy (non-hydrogen) atoms. The number of nitrogens with zero attached hydrogens (tertiary/aromatic N) is 2. The predicted octanol–water partition coefficient (Wildman–Crippen LogP) is 7.45. The Morgan fingerprint density at radius 3 is 2.32 bits per heavy atom. The fourth-order valence-corrected chi connectivity index (χ4v) is 4.24. The summed E-state index contributed by atoms with van der Waals surface area (Å²) in [5.41, 5.74) is 4.42. The smallest absolute Gasteiger partial charge is 0.273 e. The van der Waals surface area contributed by atoms with Crippen LogP contribution >= 0.6 is 0 Å². The van der Waals surface area contributed by atoms with Crippen molar-refractivity contribution in [2.24, 2.45) is 0 Å². The van der Waals surface area contributed by atoms with E-state index in [0.29, 0.717) is 22.8 Å². The summed E-state index contributed by atoms with van der Waals surface area (Å²) in [6, 6.07) is 17.6. The summed E-state index contributed by atoms with van der Waals surface area (Å²) in [7, 11) is 0. The molecule has 0 bridgehead atoms. The van der Waals surface area contributed by atoms with Gasteiger partial charge in [0.25, 0.3) is 5.92 Å². The average Bonchev–Trinajstić information content (AvgIpc) is 2.89. The second-order valence-electron chi connectivity index (χ2n) is 9.18. The summed E-state index contributed by atoms with van der Waals surface area (Å²) >= 11 is 0. The van der Waals surface area contributed by atoms with Crippen LogP contribution < -0.4 is 10.6 Å². The van der Waals surface area contributed by atoms with Gasteiger partial charge in [0.1, 0.15) is 11.5 Å². The molecule has 0 radical (unpaired) electrons. The molecule has 1 heterocycles. The summed E-state index contributed by atoms with van der Waals surface area (Å²) in [6.45, 7) is 5.27. The van der Waals surface area contributed by atoms with Gasteiger partial charge >= 0.3 is 0 Å². The Morgan fingerprint density at radius 2 is 1.66 bits per heavy atom. The maximum atomic E-state index is 13.8. The Kier molecular flexibility index (Phi) is 8.10. The van der Waals surface area contributed by atoms with Crippen molar-refractivity contribution in [3.8, 4) is 11.3 Å². The third kappa shape index (κ3) is 6.37. The largest absolute Gasteiger partial charge is 0.362 e. The van der Waals surface area contributed by atoms with Gasteiger partial charge in [0.2, 0.25) is 5.91 Å². The van der Waals surface area contributed by atoms with Crippen LogP contribution in [0.3, 0.4) is 0 Å². The molecular weight excluding hydrogens is 489 g/mol. The summed E-state index contributed by atoms with van der Waals surface area (Å²) in [5, 5.41) is 6.20. The molecule has 8 heteroatoms. The number of aryl methyl sites for hydroxylation is 1. The molecular formula is C30H29F3N4O. The van der Waals surface area contributed by atoms with Crippen molar-refractivity contribution in [1.82, 2.24) is 9.97 Å². The Labute approximate surface area is 220 Å². The maximum absolute atomic E-state index is 13.8. The number of aromatic nitrogens is 2. The first kappa shape index (κ1) is 26.9. The van der Waals surface area contributed by atoms with E-state index in [9.17, 15) is 18.0 Å². The lowest BCUT2D eigenvalue weighted by Crippen LogP contribution is -2.15. The molecule has 0 spiro atoms. The van der Waals surface area contributed by atoms with Crippen molar-refractivity contribution in [2.75, 3.05) is 10.6 Å². The number of alkyl halides is 2. The summed E-state index contributed by atoms with van der Waals surface area (Å²) < 4.78 is 41.1. The van der Waals surface area contributed by atoms with Gasteiger partial charge in [-0.1, -0.05) is 49.4 Å². The van der Waals surface area contributed by atoms with Gasteiger partial charge in [0, 0.05) is 35.6 Å². The fourth-order valence-electron chi connectivity index (χ4n) is 4.24. The molecule has 1 aromatic heterocycles. The van der Waals surface area contributed by atoms with E-state index < -0.39 is 5.92 Å². The molecule has 3 aromatic carbocycles. The molecule has 2 N–H and O–H groups in total. The number of halogens is 3. The molecule has 0 aliphatic heterocycles. The third-order valence-electron chi connectivity index (χ3n) is 6.38. The summed E-state index contributed by atoms with van der Waals surface area (Å²) in [4.78, 5) is 21.4. The lowest BCUT2D eigenvalue weighted by molar-refractivity contribution is -0.115. The van der Waals surface area contributed by atoms with Crippen LogP contribution in [0.1, 0.15) is 48.6 Å². The van der Waals surface area contributed by atoms with Gasteiger partial charge in [0.05, 0.1) is 12.5 Å². The highest BCUT2D eigenvalue weighted by Gasteiger charge is 2.28. The molecule has 4 aromatic rings. The van der Waals surface area contributed by atoms with Gasteiger partial charge < -0.3 is 10.6 Å². The Morgan fingerprint density at radius 1 is 0.974 bits per heavy atom. The van der Waals surface area contributed by atoms with Crippen molar-refractivity contribution in [3.63, 3.8) is 0 Å². The Hall–Kier alpha value is -4.20. The molecule has 0 aliphatic carbocycles. The van der Waals surface area contributed by atoms with Crippen LogP contribution in [0, 0.1) is 12.7 Å². The maximum Gasteiger partial charge on any atom is 0.273 e. The SMILES string of the molecule is CCC(F)(F)c1ccc(CC(=O)Nc2ccc(-c3nccnc3N[C@@H](C)c3ccc(F)cc3C)cc2)cc1. The van der Waals surface area contributed by atoms with E-state index in [1.165, 1.54) is 31.2 Å². The number of carbonyl (C=O) groups excluding carboxylic acids is 1. The van der Waals surface area contributed by atoms with E-state index in [1.807, 2.05) is 26.0 Å². The lowest BCUT2D eigenvalue weighted by atomic mass is 10.0. The van der Waals surface area contributed by atoms with E-state index in [4.69, 9.17) is 0 Å². The van der Waals surface area contributed by atoms with Crippen molar-refractivity contribution in [2.45, 2.75) is 45.6 Å². The number of hydrogen-bond donors (Lipinski definition) is 2. The zero-order valence-corrected chi connectivity index (χ0v) is 21.4. The molecule has 5 nitrogen and oxygen atoms in total. The highest BCUT2D eigenvalue weighted by atomic mass is 19.3. The second-order valence-corrected chi connectivity index (χ2v) is 9.18. The quantitative estimate of drug-likeness (QED) is 0.242. The number of rotatable bonds is 9. The van der Waals surface area contributed by atoms with E-state index in [1.54, 1.807) is 42.7 Å². The lowest BCUT2D eigenvalue weighted by Gasteiger charge is -2.19. The van der Waals surface area contributed by atoms with Crippen LogP contribution in [-0.2, 0) is 17.1 Å². The summed E-state index contributed by atoms with van der Waals surface area (Å²) in [5.74, 6) is -2.82. The van der Waals surface area contributed by atoms with Crippen LogP contribution in [0.4, 0.5) is 24.7 Å². The highest BCUT2D eigenvalue weighted by molar-refractivity contribution is 5.92. The van der Waals surface area contributed by atoms with Gasteiger partial charge in [-0.2, -0.15) is 0 Å². The van der Waals surface area contributed by atoms with Crippen molar-refractivity contribution < 1.29 is 18.0 Å². The molecule has 0 aliphatic rings. The molecule has 4 rings (SSSR count). The molecule has 1 atom stereocenters. The van der Waals surface area contributed by atoms with Crippen LogP contribution in [0.2, 0.25) is 0 Å². The monoisotopic (exact) mass is 518 g/mol. The van der Waals surface area contributed by atoms with Gasteiger partial charge in [-0.3, -0.25) is 9.78 Å². The standard InChI is InChI=1S/C30H29F3N4O/c1-4-30(32,33)23-9-5-21(6-10-23)18-27(38)37-25-12-7-22(8-13-25)28-29(35-16-15-34-28)36-20(3)26-14-11-24(31)17-19(26)2/h5-17,20H,4,18H2,1-3H3,(H,35,36)(H,37,38)/t20-/m0/s1. The topological polar surface area (TPSA) is 66.9 Å². The number of hydrogen-bond acceptors (Lipinski definition) is 4. The number of carbonyl (C=O) groups is 1. The van der Waals surface area contributed by atoms with Crippen LogP contribution in [-0.4, -0.2) is 15.9 Å². The number of amides is 1. The zero-order chi connectivity index (χ0) is 27.3. The minimum absolute atomic E-state index is 0.0557. The molecule has 1 amide bonds. The van der Waals surface area contributed by atoms with Gasteiger partial charge in [-0.05, 0) is 54.8 Å². The third-order valence-corrected chi connectivity index (χ3v) is 6.38. The number of anilines is 2. The van der Waals surface area contributed by atoms with Crippen LogP contribution in [0.25, 0.3) is 11.3 Å². The highest BCUT2D eigenvalue weighted by Crippen LogP contribution is 2.32. The average molecular weight is 519 g/mol. The predicted molar refractivity (Wildman–Crippen MR) is 144 cm³/mol. The normalized spacial score (nSPS) is 12.2. The first-order valence-corrected chi connectivity index (χ1v) is 12.4. The molecule has 0 saturated carbocycles. The minimum Gasteiger partial charge on any atom is -0.362 e. The fraction of sp³-hybridized carbons (Fsp3) is 0.233. The molecule has 0 saturated heterocycles. The minimum atomic E-state index is -2.88. The van der Waals surface area contributed by atoms with Crippen LogP contribution in [0.5, 0.6) is 0 Å². The summed E-state index contributed by atoms with van der Waals surface area (Å²) in [6.07, 6.45) is 2.99. The Balaban J connectivity index is 1.42. The zero-order valence-electron chi connectivity index (χ0n) is 21.4. The van der Waals surface area contributed by atoms with Crippen molar-refractivity contribution in [1.29, 1.82) is 0 Å². The molecule has 196 valence electrons. The first-order chi connectivity index (χ1) is 18.2. The van der Waals surface area contributed by atoms with Crippen LogP contribution in [0.15, 0.2) is 79.1 Å². The van der Waals surface area contributed by atoms with Crippen molar-refractivity contribution in [3.05, 3.63) is 107 Å². The molecule has 0 unspecified atom stereocenters. The number of benzene rings is 3. The number of nitrogens with one attached hydrogen (secondary N) is 2. The van der Waals surface area contributed by atoms with Gasteiger partial charge in [0.15, 0.2) is 5.82 Å². The van der Waals surface area contributed by atoms with E-state index >= 15 is 0 Å². The van der Waals surface area contributed by atoms with Gasteiger partial charge in [-0.15, -0.1) is 0 Å². The first-order valence-electron chi connectivity index (χ1n) is 12.4.